The van der Waals surface area contributed by atoms with Crippen LogP contribution in [0.4, 0.5) is 20.6 Å². The third kappa shape index (κ3) is 5.25. The molecule has 0 radical (unpaired) electrons. The van der Waals surface area contributed by atoms with Crippen LogP contribution in [0.25, 0.3) is 5.69 Å². The molecule has 1 atom stereocenters. The number of anilines is 2. The predicted octanol–water partition coefficient (Wildman–Crippen LogP) is 5.45. The molecular formula is C28H26ClFN6O2. The molecule has 1 aliphatic rings. The Kier molecular flexibility index (Phi) is 7.13. The van der Waals surface area contributed by atoms with Gasteiger partial charge in [0.1, 0.15) is 17.7 Å². The van der Waals surface area contributed by atoms with Crippen molar-refractivity contribution in [1.29, 1.82) is 0 Å². The number of imidazole rings is 1. The lowest BCUT2D eigenvalue weighted by atomic mass is 10.0. The normalized spacial score (nSPS) is 14.4. The zero-order valence-corrected chi connectivity index (χ0v) is 21.6. The van der Waals surface area contributed by atoms with E-state index >= 15 is 4.39 Å². The number of amides is 3. The second-order valence-electron chi connectivity index (χ2n) is 9.27. The van der Waals surface area contributed by atoms with Crippen molar-refractivity contribution < 1.29 is 14.0 Å². The summed E-state index contributed by atoms with van der Waals surface area (Å²) in [6.45, 7) is 0.826. The number of carbonyl (C=O) groups excluding carboxylic acids is 2. The standard InChI is InChI=1S/C28H26ClFN6O2/c1-34(2)17-25-31-13-14-35(25)21-11-12-24(23(30)15-21)33-27(37)26-22-6-4-3-5-18(22)16-36(26)28(38)32-20-9-7-19(29)8-10-20/h3-15,26H,16-17H2,1-2H3,(H,32,38)(H,33,37). The first-order valence-corrected chi connectivity index (χ1v) is 12.4. The number of nitrogens with zero attached hydrogens (tertiary/aromatic N) is 4. The fraction of sp³-hybridized carbons (Fsp3) is 0.179. The van der Waals surface area contributed by atoms with Gasteiger partial charge in [0.2, 0.25) is 0 Å². The Labute approximate surface area is 224 Å². The largest absolute Gasteiger partial charge is 0.323 e. The van der Waals surface area contributed by atoms with Gasteiger partial charge in [0.05, 0.1) is 12.2 Å². The molecule has 8 nitrogen and oxygen atoms in total. The SMILES string of the molecule is CN(C)Cc1nccn1-c1ccc(NC(=O)C2c3ccccc3CN2C(=O)Nc2ccc(Cl)cc2)c(F)c1. The lowest BCUT2D eigenvalue weighted by Crippen LogP contribution is -2.39. The highest BCUT2D eigenvalue weighted by Gasteiger charge is 2.38. The van der Waals surface area contributed by atoms with Crippen LogP contribution in [0.1, 0.15) is 23.0 Å². The number of aromatic nitrogens is 2. The summed E-state index contributed by atoms with van der Waals surface area (Å²) in [5, 5.41) is 6.04. The number of urea groups is 1. The third-order valence-electron chi connectivity index (χ3n) is 6.27. The van der Waals surface area contributed by atoms with Gasteiger partial charge in [-0.15, -0.1) is 0 Å². The minimum Gasteiger partial charge on any atom is -0.321 e. The average Bonchev–Trinajstić information content (AvgIpc) is 3.51. The molecule has 0 saturated carbocycles. The summed E-state index contributed by atoms with van der Waals surface area (Å²) in [6.07, 6.45) is 3.42. The van der Waals surface area contributed by atoms with Gasteiger partial charge in [-0.3, -0.25) is 4.79 Å². The number of nitrogens with one attached hydrogen (secondary N) is 2. The molecule has 10 heteroatoms. The zero-order valence-electron chi connectivity index (χ0n) is 20.9. The smallest absolute Gasteiger partial charge is 0.321 e. The van der Waals surface area contributed by atoms with Crippen LogP contribution < -0.4 is 10.6 Å². The van der Waals surface area contributed by atoms with Crippen LogP contribution in [-0.2, 0) is 17.9 Å². The molecule has 0 spiro atoms. The lowest BCUT2D eigenvalue weighted by Gasteiger charge is -2.25. The molecule has 0 fully saturated rings. The van der Waals surface area contributed by atoms with Gasteiger partial charge in [0.25, 0.3) is 5.91 Å². The molecule has 1 aromatic heterocycles. The van der Waals surface area contributed by atoms with Crippen molar-refractivity contribution in [1.82, 2.24) is 19.4 Å². The number of benzene rings is 3. The van der Waals surface area contributed by atoms with Crippen LogP contribution in [0, 0.1) is 5.82 Å². The van der Waals surface area contributed by atoms with Crippen LogP contribution in [-0.4, -0.2) is 45.4 Å². The van der Waals surface area contributed by atoms with Crippen LogP contribution >= 0.6 is 11.6 Å². The van der Waals surface area contributed by atoms with Gasteiger partial charge < -0.3 is 25.0 Å². The molecule has 0 aliphatic carbocycles. The summed E-state index contributed by atoms with van der Waals surface area (Å²) in [6, 6.07) is 17.2. The Balaban J connectivity index is 1.37. The minimum atomic E-state index is -0.932. The fourth-order valence-corrected chi connectivity index (χ4v) is 4.64. The molecule has 194 valence electrons. The van der Waals surface area contributed by atoms with E-state index in [2.05, 4.69) is 15.6 Å². The predicted molar refractivity (Wildman–Crippen MR) is 145 cm³/mol. The Hall–Kier alpha value is -4.21. The number of fused-ring (bicyclic) bond motifs is 1. The Bertz CT molecular complexity index is 1490. The van der Waals surface area contributed by atoms with Gasteiger partial charge in [-0.25, -0.2) is 14.2 Å². The van der Waals surface area contributed by atoms with Crippen LogP contribution in [0.2, 0.25) is 5.02 Å². The second kappa shape index (κ2) is 10.6. The second-order valence-corrected chi connectivity index (χ2v) is 9.71. The fourth-order valence-electron chi connectivity index (χ4n) is 4.51. The molecule has 3 amide bonds. The summed E-state index contributed by atoms with van der Waals surface area (Å²) in [5.41, 5.74) is 2.70. The maximum absolute atomic E-state index is 15.2. The minimum absolute atomic E-state index is 0.0236. The Morgan fingerprint density at radius 3 is 2.58 bits per heavy atom. The molecule has 5 rings (SSSR count). The van der Waals surface area contributed by atoms with Gasteiger partial charge in [-0.2, -0.15) is 0 Å². The monoisotopic (exact) mass is 532 g/mol. The first-order valence-electron chi connectivity index (χ1n) is 12.0. The lowest BCUT2D eigenvalue weighted by molar-refractivity contribution is -0.120. The number of carbonyl (C=O) groups is 2. The maximum atomic E-state index is 15.2. The van der Waals surface area contributed by atoms with Crippen molar-refractivity contribution in [2.45, 2.75) is 19.1 Å². The van der Waals surface area contributed by atoms with Gasteiger partial charge in [-0.05, 0) is 61.6 Å². The van der Waals surface area contributed by atoms with E-state index in [0.717, 1.165) is 11.4 Å². The molecule has 4 aromatic rings. The number of hydrogen-bond donors (Lipinski definition) is 2. The molecule has 0 saturated heterocycles. The van der Waals surface area contributed by atoms with Crippen molar-refractivity contribution in [2.75, 3.05) is 24.7 Å². The van der Waals surface area contributed by atoms with E-state index in [1.54, 1.807) is 53.4 Å². The van der Waals surface area contributed by atoms with Crippen molar-refractivity contribution in [2.24, 2.45) is 0 Å². The summed E-state index contributed by atoms with van der Waals surface area (Å²) < 4.78 is 17.0. The molecule has 1 aliphatic heterocycles. The Morgan fingerprint density at radius 2 is 1.84 bits per heavy atom. The van der Waals surface area contributed by atoms with Crippen LogP contribution in [0.3, 0.4) is 0 Å². The maximum Gasteiger partial charge on any atom is 0.323 e. The molecular weight excluding hydrogens is 507 g/mol. The van der Waals surface area contributed by atoms with Crippen molar-refractivity contribution in [3.8, 4) is 5.69 Å². The molecule has 1 unspecified atom stereocenters. The van der Waals surface area contributed by atoms with E-state index < -0.39 is 23.8 Å². The molecule has 0 bridgehead atoms. The zero-order chi connectivity index (χ0) is 26.8. The van der Waals surface area contributed by atoms with Crippen LogP contribution in [0.15, 0.2) is 79.1 Å². The summed E-state index contributed by atoms with van der Waals surface area (Å²) in [7, 11) is 3.86. The molecule has 3 aromatic carbocycles. The molecule has 2 heterocycles. The summed E-state index contributed by atoms with van der Waals surface area (Å²) in [5.74, 6) is -0.344. The first kappa shape index (κ1) is 25.4. The number of rotatable bonds is 6. The molecule has 38 heavy (non-hydrogen) atoms. The van der Waals surface area contributed by atoms with Crippen molar-refractivity contribution >= 4 is 34.9 Å². The van der Waals surface area contributed by atoms with Crippen molar-refractivity contribution in [3.63, 3.8) is 0 Å². The van der Waals surface area contributed by atoms with Gasteiger partial charge >= 0.3 is 6.03 Å². The van der Waals surface area contributed by atoms with Crippen molar-refractivity contribution in [3.05, 3.63) is 107 Å². The highest BCUT2D eigenvalue weighted by atomic mass is 35.5. The van der Waals surface area contributed by atoms with E-state index in [-0.39, 0.29) is 12.2 Å². The van der Waals surface area contributed by atoms with E-state index in [9.17, 15) is 9.59 Å². The average molecular weight is 533 g/mol. The number of hydrogen-bond acceptors (Lipinski definition) is 4. The van der Waals surface area contributed by atoms with Gasteiger partial charge in [-0.1, -0.05) is 35.9 Å². The van der Waals surface area contributed by atoms with E-state index in [0.29, 0.717) is 28.5 Å². The van der Waals surface area contributed by atoms with Crippen LogP contribution in [0.5, 0.6) is 0 Å². The Morgan fingerprint density at radius 1 is 1.08 bits per heavy atom. The highest BCUT2D eigenvalue weighted by Crippen LogP contribution is 2.35. The third-order valence-corrected chi connectivity index (χ3v) is 6.52. The summed E-state index contributed by atoms with van der Waals surface area (Å²) >= 11 is 5.94. The van der Waals surface area contributed by atoms with E-state index in [4.69, 9.17) is 11.6 Å². The summed E-state index contributed by atoms with van der Waals surface area (Å²) in [4.78, 5) is 34.4. The topological polar surface area (TPSA) is 82.5 Å². The van der Waals surface area contributed by atoms with E-state index in [1.165, 1.54) is 17.0 Å². The van der Waals surface area contributed by atoms with E-state index in [1.807, 2.05) is 37.2 Å². The van der Waals surface area contributed by atoms with Gasteiger partial charge in [0, 0.05) is 41.4 Å². The quantitative estimate of drug-likeness (QED) is 0.346. The highest BCUT2D eigenvalue weighted by molar-refractivity contribution is 6.30. The molecule has 2 N–H and O–H groups in total. The number of halogens is 2. The first-order chi connectivity index (χ1) is 18.3. The van der Waals surface area contributed by atoms with Gasteiger partial charge in [0.15, 0.2) is 0 Å².